The highest BCUT2D eigenvalue weighted by Crippen LogP contribution is 2.40. The van der Waals surface area contributed by atoms with E-state index in [1.807, 2.05) is 0 Å². The average Bonchev–Trinajstić information content (AvgIpc) is 3.61. The third-order valence-corrected chi connectivity index (χ3v) is 8.96. The fourth-order valence-corrected chi connectivity index (χ4v) is 6.83. The fourth-order valence-electron chi connectivity index (χ4n) is 6.83. The van der Waals surface area contributed by atoms with Gasteiger partial charge in [0.2, 0.25) is 0 Å². The molecule has 7 aromatic carbocycles. The van der Waals surface area contributed by atoms with Gasteiger partial charge in [-0.3, -0.25) is 0 Å². The molecule has 0 fully saturated rings. The van der Waals surface area contributed by atoms with Crippen molar-refractivity contribution in [3.63, 3.8) is 0 Å². The van der Waals surface area contributed by atoms with Crippen molar-refractivity contribution in [3.8, 4) is 44.5 Å². The predicted octanol–water partition coefficient (Wildman–Crippen LogP) is 11.5. The lowest BCUT2D eigenvalue weighted by Crippen LogP contribution is -1.84. The Bertz CT molecular complexity index is 2410. The minimum atomic E-state index is 1.22. The topological polar surface area (TPSA) is 4.41 Å². The predicted molar refractivity (Wildman–Crippen MR) is 183 cm³/mol. The molecule has 43 heavy (non-hydrogen) atoms. The molecule has 0 saturated heterocycles. The van der Waals surface area contributed by atoms with Crippen molar-refractivity contribution in [1.82, 2.24) is 4.40 Å². The number of fused-ring (bicyclic) bond motifs is 6. The van der Waals surface area contributed by atoms with Gasteiger partial charge in [-0.25, -0.2) is 0 Å². The number of nitrogens with zero attached hydrogens (tertiary/aromatic N) is 1. The molecule has 0 atom stereocenters. The van der Waals surface area contributed by atoms with E-state index in [2.05, 4.69) is 168 Å². The van der Waals surface area contributed by atoms with Crippen LogP contribution in [-0.4, -0.2) is 4.40 Å². The molecule has 0 radical (unpaired) electrons. The van der Waals surface area contributed by atoms with E-state index in [1.165, 1.54) is 82.6 Å². The summed E-state index contributed by atoms with van der Waals surface area (Å²) in [6, 6.07) is 59.6. The van der Waals surface area contributed by atoms with Gasteiger partial charge in [-0.15, -0.1) is 0 Å². The Kier molecular flexibility index (Phi) is 5.27. The largest absolute Gasteiger partial charge is 0.308 e. The SMILES string of the molecule is c1ccc(-c2ccc(-c3ccc(-c4cccc(-c5ccc6c(c5)c5cccc7c8ccccc8n6c75)c4)cc3)cc2)cc1. The van der Waals surface area contributed by atoms with Crippen LogP contribution in [0.5, 0.6) is 0 Å². The summed E-state index contributed by atoms with van der Waals surface area (Å²) in [5.74, 6) is 0. The monoisotopic (exact) mass is 545 g/mol. The minimum absolute atomic E-state index is 1.22. The second-order valence-corrected chi connectivity index (χ2v) is 11.4. The van der Waals surface area contributed by atoms with Gasteiger partial charge in [0.1, 0.15) is 0 Å². The summed E-state index contributed by atoms with van der Waals surface area (Å²) in [4.78, 5) is 0. The van der Waals surface area contributed by atoms with Crippen LogP contribution < -0.4 is 0 Å². The first kappa shape index (κ1) is 24.0. The van der Waals surface area contributed by atoms with Crippen molar-refractivity contribution in [2.45, 2.75) is 0 Å². The summed E-state index contributed by atoms with van der Waals surface area (Å²) in [6.45, 7) is 0. The zero-order chi connectivity index (χ0) is 28.3. The molecular formula is C42H27N. The van der Waals surface area contributed by atoms with Crippen LogP contribution in [0, 0.1) is 0 Å². The molecule has 1 heteroatoms. The van der Waals surface area contributed by atoms with Gasteiger partial charge in [-0.05, 0) is 68.8 Å². The molecule has 0 aliphatic heterocycles. The summed E-state index contributed by atoms with van der Waals surface area (Å²) in [7, 11) is 0. The molecule has 0 aliphatic carbocycles. The fraction of sp³-hybridized carbons (Fsp3) is 0. The summed E-state index contributed by atoms with van der Waals surface area (Å²) in [6.07, 6.45) is 0. The maximum atomic E-state index is 2.44. The van der Waals surface area contributed by atoms with Crippen molar-refractivity contribution >= 4 is 38.1 Å². The number of benzene rings is 7. The molecule has 9 rings (SSSR count). The van der Waals surface area contributed by atoms with Gasteiger partial charge in [-0.2, -0.15) is 0 Å². The van der Waals surface area contributed by atoms with Crippen LogP contribution in [0.2, 0.25) is 0 Å². The molecule has 0 spiro atoms. The van der Waals surface area contributed by atoms with Crippen LogP contribution in [0.15, 0.2) is 164 Å². The highest BCUT2D eigenvalue weighted by Gasteiger charge is 2.17. The van der Waals surface area contributed by atoms with E-state index in [0.717, 1.165) is 0 Å². The smallest absolute Gasteiger partial charge is 0.0620 e. The molecule has 9 aromatic rings. The van der Waals surface area contributed by atoms with Crippen LogP contribution in [-0.2, 0) is 0 Å². The van der Waals surface area contributed by atoms with Gasteiger partial charge in [0.25, 0.3) is 0 Å². The molecule has 0 amide bonds. The maximum Gasteiger partial charge on any atom is 0.0620 e. The Balaban J connectivity index is 1.06. The molecule has 1 nitrogen and oxygen atoms in total. The van der Waals surface area contributed by atoms with E-state index in [1.54, 1.807) is 0 Å². The van der Waals surface area contributed by atoms with Crippen molar-refractivity contribution in [2.75, 3.05) is 0 Å². The lowest BCUT2D eigenvalue weighted by atomic mass is 9.96. The molecule has 2 heterocycles. The molecule has 0 unspecified atom stereocenters. The van der Waals surface area contributed by atoms with Gasteiger partial charge < -0.3 is 4.40 Å². The lowest BCUT2D eigenvalue weighted by molar-refractivity contribution is 1.37. The zero-order valence-electron chi connectivity index (χ0n) is 23.5. The van der Waals surface area contributed by atoms with Crippen LogP contribution in [0.3, 0.4) is 0 Å². The van der Waals surface area contributed by atoms with Gasteiger partial charge in [0.15, 0.2) is 0 Å². The van der Waals surface area contributed by atoms with Crippen LogP contribution in [0.1, 0.15) is 0 Å². The molecule has 0 N–H and O–H groups in total. The molecule has 2 aromatic heterocycles. The van der Waals surface area contributed by atoms with Crippen LogP contribution in [0.4, 0.5) is 0 Å². The highest BCUT2D eigenvalue weighted by molar-refractivity contribution is 6.23. The number of rotatable bonds is 4. The Morgan fingerprint density at radius 3 is 1.37 bits per heavy atom. The number of para-hydroxylation sites is 2. The van der Waals surface area contributed by atoms with Crippen molar-refractivity contribution in [2.24, 2.45) is 0 Å². The third-order valence-electron chi connectivity index (χ3n) is 8.96. The Morgan fingerprint density at radius 1 is 0.256 bits per heavy atom. The van der Waals surface area contributed by atoms with Gasteiger partial charge in [-0.1, -0.05) is 140 Å². The van der Waals surface area contributed by atoms with Crippen molar-refractivity contribution < 1.29 is 0 Å². The summed E-state index contributed by atoms with van der Waals surface area (Å²) < 4.78 is 2.44. The Morgan fingerprint density at radius 2 is 0.674 bits per heavy atom. The van der Waals surface area contributed by atoms with E-state index in [9.17, 15) is 0 Å². The second kappa shape index (κ2) is 9.44. The number of hydrogen-bond acceptors (Lipinski definition) is 0. The molecule has 0 bridgehead atoms. The molecule has 0 aliphatic rings. The van der Waals surface area contributed by atoms with Crippen molar-refractivity contribution in [3.05, 3.63) is 164 Å². The summed E-state index contributed by atoms with van der Waals surface area (Å²) in [5.41, 5.74) is 13.7. The summed E-state index contributed by atoms with van der Waals surface area (Å²) in [5, 5.41) is 5.26. The molecule has 200 valence electrons. The van der Waals surface area contributed by atoms with E-state index in [4.69, 9.17) is 0 Å². The Hall–Kier alpha value is -5.66. The molecule has 0 saturated carbocycles. The number of aromatic nitrogens is 1. The highest BCUT2D eigenvalue weighted by atomic mass is 14.9. The van der Waals surface area contributed by atoms with Gasteiger partial charge >= 0.3 is 0 Å². The van der Waals surface area contributed by atoms with Gasteiger partial charge in [0.05, 0.1) is 16.6 Å². The maximum absolute atomic E-state index is 2.44. The first-order valence-corrected chi connectivity index (χ1v) is 14.9. The minimum Gasteiger partial charge on any atom is -0.308 e. The lowest BCUT2D eigenvalue weighted by Gasteiger charge is -2.09. The Labute approximate surface area is 250 Å². The first-order valence-electron chi connectivity index (χ1n) is 14.9. The standard InChI is InChI=1S/C42H27N/c1-2-8-28(9-3-1)29-16-18-30(19-17-29)31-20-22-32(23-21-31)33-10-6-11-34(26-33)35-24-25-41-39(27-35)38-14-7-13-37-36-12-4-5-15-40(36)43(41)42(37)38/h1-27H. The average molecular weight is 546 g/mol. The van der Waals surface area contributed by atoms with E-state index in [0.29, 0.717) is 0 Å². The molecular weight excluding hydrogens is 518 g/mol. The van der Waals surface area contributed by atoms with Crippen molar-refractivity contribution in [1.29, 1.82) is 0 Å². The third kappa shape index (κ3) is 3.79. The normalized spacial score (nSPS) is 11.7. The number of hydrogen-bond donors (Lipinski definition) is 0. The van der Waals surface area contributed by atoms with E-state index >= 15 is 0 Å². The van der Waals surface area contributed by atoms with Gasteiger partial charge in [0, 0.05) is 21.5 Å². The van der Waals surface area contributed by atoms with Crippen LogP contribution in [0.25, 0.3) is 82.6 Å². The first-order chi connectivity index (χ1) is 21.3. The summed E-state index contributed by atoms with van der Waals surface area (Å²) >= 11 is 0. The zero-order valence-corrected chi connectivity index (χ0v) is 23.5. The van der Waals surface area contributed by atoms with E-state index in [-0.39, 0.29) is 0 Å². The second-order valence-electron chi connectivity index (χ2n) is 11.4. The quantitative estimate of drug-likeness (QED) is 0.207. The van der Waals surface area contributed by atoms with E-state index < -0.39 is 0 Å². The van der Waals surface area contributed by atoms with Crippen LogP contribution >= 0.6 is 0 Å².